The summed E-state index contributed by atoms with van der Waals surface area (Å²) in [7, 11) is 1.56. The van der Waals surface area contributed by atoms with Gasteiger partial charge in [0.25, 0.3) is 0 Å². The highest BCUT2D eigenvalue weighted by molar-refractivity contribution is 5.85. The highest BCUT2D eigenvalue weighted by atomic mass is 35.5. The van der Waals surface area contributed by atoms with Gasteiger partial charge in [-0.05, 0) is 25.5 Å². The van der Waals surface area contributed by atoms with Gasteiger partial charge in [0.2, 0.25) is 0 Å². The van der Waals surface area contributed by atoms with Crippen molar-refractivity contribution in [1.82, 2.24) is 0 Å². The van der Waals surface area contributed by atoms with Crippen molar-refractivity contribution in [2.75, 3.05) is 13.7 Å². The molecule has 1 rings (SSSR count). The molecule has 92 valence electrons. The lowest BCUT2D eigenvalue weighted by Gasteiger charge is -2.13. The van der Waals surface area contributed by atoms with E-state index in [0.29, 0.717) is 12.3 Å². The molecule has 4 nitrogen and oxygen atoms in total. The van der Waals surface area contributed by atoms with Crippen molar-refractivity contribution >= 4 is 12.4 Å². The van der Waals surface area contributed by atoms with E-state index in [1.165, 1.54) is 0 Å². The monoisotopic (exact) mass is 246 g/mol. The van der Waals surface area contributed by atoms with Crippen LogP contribution in [0.3, 0.4) is 0 Å². The fraction of sp³-hybridized carbons (Fsp3) is 0.455. The molecule has 0 radical (unpaired) electrons. The van der Waals surface area contributed by atoms with E-state index in [-0.39, 0.29) is 24.2 Å². The Morgan fingerprint density at radius 1 is 1.44 bits per heavy atom. The minimum absolute atomic E-state index is 0. The molecule has 0 fully saturated rings. The van der Waals surface area contributed by atoms with Crippen LogP contribution in [0.1, 0.15) is 24.4 Å². The number of ether oxygens (including phenoxy) is 1. The Balaban J connectivity index is 0.00000225. The van der Waals surface area contributed by atoms with Gasteiger partial charge in [0.1, 0.15) is 11.5 Å². The minimum Gasteiger partial charge on any atom is -0.507 e. The number of phenols is 1. The number of hydrogen-bond donors (Lipinski definition) is 3. The molecule has 0 aliphatic carbocycles. The molecule has 1 aromatic rings. The number of halogens is 1. The minimum atomic E-state index is -0.167. The molecule has 0 aliphatic rings. The van der Waals surface area contributed by atoms with Gasteiger partial charge >= 0.3 is 0 Å². The van der Waals surface area contributed by atoms with Crippen LogP contribution in [-0.2, 0) is 0 Å². The third kappa shape index (κ3) is 3.89. The number of hydrogen-bond acceptors (Lipinski definition) is 4. The maximum Gasteiger partial charge on any atom is 0.124 e. The zero-order chi connectivity index (χ0) is 11.3. The Morgan fingerprint density at radius 2 is 2.12 bits per heavy atom. The van der Waals surface area contributed by atoms with Gasteiger partial charge in [0.15, 0.2) is 0 Å². The van der Waals surface area contributed by atoms with E-state index >= 15 is 0 Å². The van der Waals surface area contributed by atoms with Gasteiger partial charge in [-0.25, -0.2) is 0 Å². The van der Waals surface area contributed by atoms with Crippen molar-refractivity contribution in [3.8, 4) is 11.5 Å². The molecule has 0 saturated carbocycles. The summed E-state index contributed by atoms with van der Waals surface area (Å²) >= 11 is 0. The molecule has 1 atom stereocenters. The maximum absolute atomic E-state index is 9.70. The van der Waals surface area contributed by atoms with Crippen LogP contribution in [0.25, 0.3) is 0 Å². The quantitative estimate of drug-likeness (QED) is 0.737. The summed E-state index contributed by atoms with van der Waals surface area (Å²) in [5, 5.41) is 9.70. The lowest BCUT2D eigenvalue weighted by Crippen LogP contribution is -2.12. The van der Waals surface area contributed by atoms with Crippen LogP contribution in [-0.4, -0.2) is 18.8 Å². The molecule has 0 saturated heterocycles. The number of methoxy groups -OCH3 is 1. The average molecular weight is 247 g/mol. The molecule has 16 heavy (non-hydrogen) atoms. The Bertz CT molecular complexity index is 321. The Labute approximate surface area is 102 Å². The van der Waals surface area contributed by atoms with Crippen LogP contribution in [0.15, 0.2) is 18.2 Å². The maximum atomic E-state index is 9.70. The highest BCUT2D eigenvalue weighted by Gasteiger charge is 2.10. The van der Waals surface area contributed by atoms with Crippen LogP contribution < -0.4 is 16.2 Å². The summed E-state index contributed by atoms with van der Waals surface area (Å²) in [4.78, 5) is 0. The number of rotatable bonds is 5. The lowest BCUT2D eigenvalue weighted by molar-refractivity contribution is 0.404. The highest BCUT2D eigenvalue weighted by Crippen LogP contribution is 2.29. The summed E-state index contributed by atoms with van der Waals surface area (Å²) < 4.78 is 4.99. The van der Waals surface area contributed by atoms with Crippen molar-refractivity contribution in [2.24, 2.45) is 11.5 Å². The van der Waals surface area contributed by atoms with E-state index in [0.717, 1.165) is 18.4 Å². The fourth-order valence-electron chi connectivity index (χ4n) is 1.46. The first-order chi connectivity index (χ1) is 7.19. The van der Waals surface area contributed by atoms with E-state index in [1.807, 2.05) is 0 Å². The molecule has 5 N–H and O–H groups in total. The summed E-state index contributed by atoms with van der Waals surface area (Å²) in [6, 6.07) is 4.98. The molecule has 0 unspecified atom stereocenters. The molecule has 0 heterocycles. The van der Waals surface area contributed by atoms with Crippen LogP contribution in [0, 0.1) is 0 Å². The van der Waals surface area contributed by atoms with E-state index in [1.54, 1.807) is 25.3 Å². The first-order valence-electron chi connectivity index (χ1n) is 5.01. The van der Waals surface area contributed by atoms with Crippen molar-refractivity contribution in [3.05, 3.63) is 23.8 Å². The Hall–Kier alpha value is -0.970. The predicted molar refractivity (Wildman–Crippen MR) is 67.1 cm³/mol. The number of aromatic hydroxyl groups is 1. The van der Waals surface area contributed by atoms with Gasteiger partial charge in [-0.2, -0.15) is 0 Å². The van der Waals surface area contributed by atoms with Crippen LogP contribution >= 0.6 is 12.4 Å². The van der Waals surface area contributed by atoms with Gasteiger partial charge in [0.05, 0.1) is 7.11 Å². The van der Waals surface area contributed by atoms with Gasteiger partial charge < -0.3 is 21.3 Å². The van der Waals surface area contributed by atoms with E-state index < -0.39 is 0 Å². The van der Waals surface area contributed by atoms with Crippen molar-refractivity contribution in [1.29, 1.82) is 0 Å². The molecule has 0 aliphatic heterocycles. The SMILES string of the molecule is COc1ccc([C@@H](N)CCCN)c(O)c1.Cl. The van der Waals surface area contributed by atoms with Crippen LogP contribution in [0.4, 0.5) is 0 Å². The third-order valence-corrected chi connectivity index (χ3v) is 2.36. The first-order valence-corrected chi connectivity index (χ1v) is 5.01. The molecule has 1 aromatic carbocycles. The van der Waals surface area contributed by atoms with Crippen molar-refractivity contribution in [3.63, 3.8) is 0 Å². The van der Waals surface area contributed by atoms with E-state index in [9.17, 15) is 5.11 Å². The zero-order valence-corrected chi connectivity index (χ0v) is 10.2. The van der Waals surface area contributed by atoms with E-state index in [4.69, 9.17) is 16.2 Å². The molecule has 0 spiro atoms. The fourth-order valence-corrected chi connectivity index (χ4v) is 1.46. The molecular formula is C11H19ClN2O2. The lowest BCUT2D eigenvalue weighted by atomic mass is 10.0. The zero-order valence-electron chi connectivity index (χ0n) is 9.35. The summed E-state index contributed by atoms with van der Waals surface area (Å²) in [5.41, 5.74) is 12.1. The normalized spacial score (nSPS) is 11.7. The summed E-state index contributed by atoms with van der Waals surface area (Å²) in [6.45, 7) is 0.616. The average Bonchev–Trinajstić information content (AvgIpc) is 2.25. The molecular weight excluding hydrogens is 228 g/mol. The summed E-state index contributed by atoms with van der Waals surface area (Å²) in [6.07, 6.45) is 1.63. The van der Waals surface area contributed by atoms with Gasteiger partial charge in [-0.3, -0.25) is 0 Å². The molecule has 0 amide bonds. The van der Waals surface area contributed by atoms with Gasteiger partial charge in [0, 0.05) is 17.7 Å². The van der Waals surface area contributed by atoms with Crippen LogP contribution in [0.2, 0.25) is 0 Å². The Kier molecular flexibility index (Phi) is 6.88. The van der Waals surface area contributed by atoms with Gasteiger partial charge in [-0.1, -0.05) is 6.07 Å². The topological polar surface area (TPSA) is 81.5 Å². The van der Waals surface area contributed by atoms with Crippen LogP contribution in [0.5, 0.6) is 11.5 Å². The molecule has 5 heteroatoms. The second-order valence-corrected chi connectivity index (χ2v) is 3.46. The Morgan fingerprint density at radius 3 is 2.62 bits per heavy atom. The first kappa shape index (κ1) is 15.0. The predicted octanol–water partition coefficient (Wildman–Crippen LogP) is 1.56. The van der Waals surface area contributed by atoms with Crippen molar-refractivity contribution < 1.29 is 9.84 Å². The smallest absolute Gasteiger partial charge is 0.124 e. The second-order valence-electron chi connectivity index (χ2n) is 3.46. The van der Waals surface area contributed by atoms with Gasteiger partial charge in [-0.15, -0.1) is 12.4 Å². The number of benzene rings is 1. The number of phenolic OH excluding ortho intramolecular Hbond substituents is 1. The largest absolute Gasteiger partial charge is 0.507 e. The molecule has 0 bridgehead atoms. The standard InChI is InChI=1S/C11H18N2O2.ClH/c1-15-8-4-5-9(11(14)7-8)10(13)3-2-6-12;/h4-5,7,10,14H,2-3,6,12-13H2,1H3;1H/t10-;/m0./s1. The third-order valence-electron chi connectivity index (χ3n) is 2.36. The summed E-state index contributed by atoms with van der Waals surface area (Å²) in [5.74, 6) is 0.807. The molecule has 0 aromatic heterocycles. The second kappa shape index (κ2) is 7.33. The number of nitrogens with two attached hydrogens (primary N) is 2. The van der Waals surface area contributed by atoms with Crippen molar-refractivity contribution in [2.45, 2.75) is 18.9 Å². The van der Waals surface area contributed by atoms with E-state index in [2.05, 4.69) is 0 Å².